The van der Waals surface area contributed by atoms with Gasteiger partial charge in [-0.15, -0.1) is 0 Å². The zero-order valence-corrected chi connectivity index (χ0v) is 21.6. The molecule has 0 spiro atoms. The molecule has 5 atom stereocenters. The molecule has 2 aromatic carbocycles. The van der Waals surface area contributed by atoms with Gasteiger partial charge in [0.05, 0.1) is 26.9 Å². The quantitative estimate of drug-likeness (QED) is 0.366. The molecular weight excluding hydrogens is 533 g/mol. The topological polar surface area (TPSA) is 116 Å². The Balaban J connectivity index is 1.53. The second-order valence-corrected chi connectivity index (χ2v) is 12.5. The molecule has 2 aromatic rings. The number of aliphatic hydroxyl groups excluding tert-OH is 1. The van der Waals surface area contributed by atoms with Crippen LogP contribution in [0.1, 0.15) is 43.0 Å². The van der Waals surface area contributed by atoms with E-state index in [4.69, 9.17) is 11.6 Å². The van der Waals surface area contributed by atoms with Crippen LogP contribution >= 0.6 is 11.6 Å². The van der Waals surface area contributed by atoms with Crippen molar-refractivity contribution in [3.63, 3.8) is 0 Å². The minimum atomic E-state index is -4.00. The van der Waals surface area contributed by atoms with E-state index in [0.717, 1.165) is 6.07 Å². The van der Waals surface area contributed by atoms with E-state index in [0.29, 0.717) is 31.5 Å². The summed E-state index contributed by atoms with van der Waals surface area (Å²) in [6.45, 7) is 2.19. The summed E-state index contributed by atoms with van der Waals surface area (Å²) < 4.78 is 67.4. The highest BCUT2D eigenvalue weighted by Gasteiger charge is 2.55. The molecule has 0 heterocycles. The minimum absolute atomic E-state index is 0.0813. The maximum atomic E-state index is 13.6. The largest absolute Gasteiger partial charge is 0.392 e. The molecule has 2 bridgehead atoms. The van der Waals surface area contributed by atoms with Crippen molar-refractivity contribution in [1.82, 2.24) is 5.32 Å². The van der Waals surface area contributed by atoms with E-state index >= 15 is 0 Å². The zero-order chi connectivity index (χ0) is 27.1. The van der Waals surface area contributed by atoms with Crippen molar-refractivity contribution in [1.29, 1.82) is 0 Å². The molecule has 12 heteroatoms. The standard InChI is InChI=1S/C25H28ClF3N2O5S/c1-13(32)11-30-12-25(34)15-3-4-16(25)8-18(7-15)37(35,36)22-6-14(2-5-19(22)26)24(33)31-17-9-20(27)23(29)21(28)10-17/h2,5-6,9-10,13,15-16,18,30,32,34H,3-4,7-8,11-12H2,1H3,(H,31,33)/t13?,15-,16?,18-,25-/m0/s1. The number of hydrogen-bond donors (Lipinski definition) is 4. The third-order valence-electron chi connectivity index (χ3n) is 7.40. The second kappa shape index (κ2) is 10.5. The lowest BCUT2D eigenvalue weighted by Gasteiger charge is -2.42. The summed E-state index contributed by atoms with van der Waals surface area (Å²) in [6, 6.07) is 4.85. The molecule has 4 N–H and O–H groups in total. The fourth-order valence-electron chi connectivity index (χ4n) is 5.51. The fraction of sp³-hybridized carbons (Fsp3) is 0.480. The van der Waals surface area contributed by atoms with E-state index in [9.17, 15) is 36.6 Å². The van der Waals surface area contributed by atoms with Gasteiger partial charge in [0, 0.05) is 36.5 Å². The monoisotopic (exact) mass is 560 g/mol. The van der Waals surface area contributed by atoms with Gasteiger partial charge in [0.15, 0.2) is 27.3 Å². The third kappa shape index (κ3) is 5.51. The predicted molar refractivity (Wildman–Crippen MR) is 132 cm³/mol. The molecule has 202 valence electrons. The highest BCUT2D eigenvalue weighted by atomic mass is 35.5. The van der Waals surface area contributed by atoms with E-state index in [-0.39, 0.29) is 52.4 Å². The van der Waals surface area contributed by atoms with Crippen LogP contribution in [0.5, 0.6) is 0 Å². The van der Waals surface area contributed by atoms with Crippen molar-refractivity contribution in [2.45, 2.75) is 54.5 Å². The smallest absolute Gasteiger partial charge is 0.255 e. The number of carbonyl (C=O) groups excluding carboxylic acids is 1. The van der Waals surface area contributed by atoms with E-state index in [1.54, 1.807) is 6.92 Å². The van der Waals surface area contributed by atoms with E-state index in [1.807, 2.05) is 0 Å². The first kappa shape index (κ1) is 27.8. The average molecular weight is 561 g/mol. The third-order valence-corrected chi connectivity index (χ3v) is 10.1. The molecule has 37 heavy (non-hydrogen) atoms. The Hall–Kier alpha value is -2.18. The maximum absolute atomic E-state index is 13.6. The SMILES string of the molecule is CC(O)CNC[C@@]1(O)C2CC[C@H]1C[C@H](S(=O)(=O)c1cc(C(=O)Nc3cc(F)c(F)c(F)c3)ccc1Cl)C2. The number of nitrogens with one attached hydrogen (secondary N) is 2. The van der Waals surface area contributed by atoms with Crippen LogP contribution in [0.15, 0.2) is 35.2 Å². The first-order chi connectivity index (χ1) is 17.3. The Morgan fingerprint density at radius 3 is 2.30 bits per heavy atom. The highest BCUT2D eigenvalue weighted by molar-refractivity contribution is 7.92. The van der Waals surface area contributed by atoms with Crippen LogP contribution in [-0.4, -0.2) is 54.6 Å². The van der Waals surface area contributed by atoms with Crippen LogP contribution in [0.2, 0.25) is 5.02 Å². The fourth-order valence-corrected chi connectivity index (χ4v) is 7.91. The predicted octanol–water partition coefficient (Wildman–Crippen LogP) is 3.67. The molecule has 2 aliphatic rings. The first-order valence-electron chi connectivity index (χ1n) is 11.9. The number of fused-ring (bicyclic) bond motifs is 2. The van der Waals surface area contributed by atoms with Gasteiger partial charge in [-0.1, -0.05) is 11.6 Å². The van der Waals surface area contributed by atoms with E-state index < -0.39 is 50.2 Å². The van der Waals surface area contributed by atoms with Crippen LogP contribution in [0.25, 0.3) is 0 Å². The molecule has 0 saturated heterocycles. The highest BCUT2D eigenvalue weighted by Crippen LogP contribution is 2.52. The van der Waals surface area contributed by atoms with Crippen LogP contribution in [-0.2, 0) is 9.84 Å². The van der Waals surface area contributed by atoms with E-state index in [1.165, 1.54) is 12.1 Å². The number of halogens is 4. The maximum Gasteiger partial charge on any atom is 0.255 e. The van der Waals surface area contributed by atoms with E-state index in [2.05, 4.69) is 10.6 Å². The molecule has 0 aliphatic heterocycles. The molecule has 2 saturated carbocycles. The Kier molecular flexibility index (Phi) is 7.92. The molecule has 0 aromatic heterocycles. The van der Waals surface area contributed by atoms with Crippen molar-refractivity contribution in [2.24, 2.45) is 11.8 Å². The summed E-state index contributed by atoms with van der Waals surface area (Å²) in [7, 11) is -4.00. The molecule has 2 aliphatic carbocycles. The average Bonchev–Trinajstić information content (AvgIpc) is 2.98. The molecule has 4 rings (SSSR count). The number of sulfone groups is 1. The molecule has 2 fully saturated rings. The number of carbonyl (C=O) groups is 1. The summed E-state index contributed by atoms with van der Waals surface area (Å²) in [6.07, 6.45) is 1.19. The lowest BCUT2D eigenvalue weighted by molar-refractivity contribution is -0.0572. The van der Waals surface area contributed by atoms with Gasteiger partial charge in [-0.25, -0.2) is 21.6 Å². The Bertz CT molecular complexity index is 1270. The van der Waals surface area contributed by atoms with Gasteiger partial charge in [-0.2, -0.15) is 0 Å². The number of anilines is 1. The molecule has 0 radical (unpaired) electrons. The second-order valence-electron chi connectivity index (χ2n) is 9.93. The van der Waals surface area contributed by atoms with Gasteiger partial charge in [-0.05, 0) is 62.6 Å². The summed E-state index contributed by atoms with van der Waals surface area (Å²) >= 11 is 6.23. The van der Waals surface area contributed by atoms with Crippen molar-refractivity contribution in [3.05, 3.63) is 58.4 Å². The van der Waals surface area contributed by atoms with Gasteiger partial charge in [0.25, 0.3) is 5.91 Å². The first-order valence-corrected chi connectivity index (χ1v) is 13.9. The van der Waals surface area contributed by atoms with Crippen LogP contribution in [0, 0.1) is 29.3 Å². The molecule has 1 amide bonds. The zero-order valence-electron chi connectivity index (χ0n) is 20.0. The molecule has 7 nitrogen and oxygen atoms in total. The van der Waals surface area contributed by atoms with Crippen molar-refractivity contribution in [3.8, 4) is 0 Å². The van der Waals surface area contributed by atoms with Gasteiger partial charge >= 0.3 is 0 Å². The van der Waals surface area contributed by atoms with Crippen molar-refractivity contribution >= 4 is 33.0 Å². The number of rotatable bonds is 8. The van der Waals surface area contributed by atoms with Crippen LogP contribution in [0.4, 0.5) is 18.9 Å². The summed E-state index contributed by atoms with van der Waals surface area (Å²) in [5.41, 5.74) is -1.54. The lowest BCUT2D eigenvalue weighted by atomic mass is 9.74. The number of amides is 1. The number of hydrogen-bond acceptors (Lipinski definition) is 6. The van der Waals surface area contributed by atoms with Gasteiger partial charge in [0.2, 0.25) is 0 Å². The van der Waals surface area contributed by atoms with Gasteiger partial charge in [0.1, 0.15) is 0 Å². The Labute approximate surface area is 217 Å². The number of benzene rings is 2. The van der Waals surface area contributed by atoms with Gasteiger partial charge in [-0.3, -0.25) is 4.79 Å². The van der Waals surface area contributed by atoms with Crippen LogP contribution < -0.4 is 10.6 Å². The van der Waals surface area contributed by atoms with Crippen LogP contribution in [0.3, 0.4) is 0 Å². The molecular formula is C25H28ClF3N2O5S. The summed E-state index contributed by atoms with van der Waals surface area (Å²) in [4.78, 5) is 12.4. The minimum Gasteiger partial charge on any atom is -0.392 e. The summed E-state index contributed by atoms with van der Waals surface area (Å²) in [5.74, 6) is -6.03. The number of aliphatic hydroxyl groups is 2. The normalized spacial score (nSPS) is 26.2. The Morgan fingerprint density at radius 1 is 1.14 bits per heavy atom. The van der Waals surface area contributed by atoms with Crippen molar-refractivity contribution < 1.29 is 36.6 Å². The van der Waals surface area contributed by atoms with Gasteiger partial charge < -0.3 is 20.8 Å². The Morgan fingerprint density at radius 2 is 1.73 bits per heavy atom. The lowest BCUT2D eigenvalue weighted by Crippen LogP contribution is -2.54. The van der Waals surface area contributed by atoms with Crippen molar-refractivity contribution in [2.75, 3.05) is 18.4 Å². The molecule has 2 unspecified atom stereocenters. The summed E-state index contributed by atoms with van der Waals surface area (Å²) in [5, 5.41) is 25.2.